The molecule has 0 fully saturated rings. The van der Waals surface area contributed by atoms with Gasteiger partial charge in [-0.25, -0.2) is 4.79 Å². The van der Waals surface area contributed by atoms with Crippen molar-refractivity contribution in [2.75, 3.05) is 13.1 Å². The van der Waals surface area contributed by atoms with Crippen LogP contribution in [-0.4, -0.2) is 41.0 Å². The van der Waals surface area contributed by atoms with Crippen molar-refractivity contribution in [1.29, 1.82) is 0 Å². The van der Waals surface area contributed by atoms with E-state index in [4.69, 9.17) is 9.52 Å². The number of hydrogen-bond acceptors (Lipinski definition) is 4. The molecule has 2 aromatic rings. The minimum absolute atomic E-state index is 0.0171. The van der Waals surface area contributed by atoms with Crippen LogP contribution >= 0.6 is 0 Å². The number of amides is 3. The lowest BCUT2D eigenvalue weighted by atomic mass is 10.1. The van der Waals surface area contributed by atoms with Crippen LogP contribution in [0.2, 0.25) is 0 Å². The summed E-state index contributed by atoms with van der Waals surface area (Å²) in [5, 5.41) is 10.5. The number of carboxylic acid groups (broad SMARTS) is 1. The van der Waals surface area contributed by atoms with Crippen molar-refractivity contribution in [3.63, 3.8) is 0 Å². The summed E-state index contributed by atoms with van der Waals surface area (Å²) in [6, 6.07) is 9.83. The Labute approximate surface area is 148 Å². The zero-order valence-electron chi connectivity index (χ0n) is 13.4. The Hall–Kier alpha value is -3.97. The van der Waals surface area contributed by atoms with Gasteiger partial charge in [0.1, 0.15) is 0 Å². The summed E-state index contributed by atoms with van der Waals surface area (Å²) in [6.07, 6.45) is -1.15. The van der Waals surface area contributed by atoms with Gasteiger partial charge in [-0.2, -0.15) is 0 Å². The molecule has 1 aliphatic rings. The number of carbonyl (C=O) groups is 3. The quantitative estimate of drug-likeness (QED) is 0.634. The van der Waals surface area contributed by atoms with Crippen molar-refractivity contribution in [2.24, 2.45) is 0 Å². The fraction of sp³-hybridized carbons (Fsp3) is 0.105. The van der Waals surface area contributed by atoms with Crippen molar-refractivity contribution < 1.29 is 23.9 Å². The maximum Gasteiger partial charge on any atom is 0.405 e. The average Bonchev–Trinajstić information content (AvgIpc) is 3.17. The summed E-state index contributed by atoms with van der Waals surface area (Å²) >= 11 is 0. The molecule has 2 heterocycles. The SMILES string of the molecule is O=C(O)NCC#Cc1ccc(C#CCN2C(=O)c3ccccc3C2=O)o1. The standard InChI is InChI=1S/C19H12N2O5/c22-17-15-7-1-2-8-16(15)18(23)21(17)12-4-6-14-10-9-13(26-14)5-3-11-20-19(24)25/h1-2,7-10,20H,11-12H2,(H,24,25). The molecule has 0 radical (unpaired) electrons. The van der Waals surface area contributed by atoms with Gasteiger partial charge in [0, 0.05) is 0 Å². The van der Waals surface area contributed by atoms with E-state index in [0.717, 1.165) is 4.90 Å². The highest BCUT2D eigenvalue weighted by atomic mass is 16.4. The van der Waals surface area contributed by atoms with Gasteiger partial charge in [0.2, 0.25) is 0 Å². The lowest BCUT2D eigenvalue weighted by Gasteiger charge is -2.08. The third-order valence-electron chi connectivity index (χ3n) is 3.47. The topological polar surface area (TPSA) is 99.9 Å². The number of hydrogen-bond donors (Lipinski definition) is 2. The van der Waals surface area contributed by atoms with E-state index < -0.39 is 6.09 Å². The number of fused-ring (bicyclic) bond motifs is 1. The highest BCUT2D eigenvalue weighted by molar-refractivity contribution is 6.21. The van der Waals surface area contributed by atoms with Crippen molar-refractivity contribution in [2.45, 2.75) is 0 Å². The number of nitrogens with zero attached hydrogens (tertiary/aromatic N) is 1. The predicted molar refractivity (Wildman–Crippen MR) is 90.3 cm³/mol. The molecule has 3 amide bonds. The van der Waals surface area contributed by atoms with Crippen LogP contribution in [0.4, 0.5) is 4.79 Å². The highest BCUT2D eigenvalue weighted by Crippen LogP contribution is 2.21. The zero-order chi connectivity index (χ0) is 18.5. The highest BCUT2D eigenvalue weighted by Gasteiger charge is 2.34. The van der Waals surface area contributed by atoms with Crippen LogP contribution < -0.4 is 5.32 Å². The first-order valence-electron chi connectivity index (χ1n) is 7.56. The summed E-state index contributed by atoms with van der Waals surface area (Å²) in [7, 11) is 0. The summed E-state index contributed by atoms with van der Waals surface area (Å²) in [6.45, 7) is -0.0621. The number of benzene rings is 1. The van der Waals surface area contributed by atoms with Crippen LogP contribution in [0.3, 0.4) is 0 Å². The molecule has 0 saturated carbocycles. The van der Waals surface area contributed by atoms with E-state index in [0.29, 0.717) is 22.6 Å². The van der Waals surface area contributed by atoms with E-state index in [-0.39, 0.29) is 24.9 Å². The van der Waals surface area contributed by atoms with Crippen LogP contribution in [0, 0.1) is 23.7 Å². The molecule has 7 heteroatoms. The maximum atomic E-state index is 12.2. The Balaban J connectivity index is 1.62. The molecule has 0 aliphatic carbocycles. The second-order valence-electron chi connectivity index (χ2n) is 5.17. The molecule has 0 unspecified atom stereocenters. The van der Waals surface area contributed by atoms with E-state index >= 15 is 0 Å². The largest absolute Gasteiger partial charge is 0.465 e. The average molecular weight is 348 g/mol. The molecule has 2 N–H and O–H groups in total. The number of nitrogens with one attached hydrogen (secondary N) is 1. The van der Waals surface area contributed by atoms with Gasteiger partial charge in [-0.05, 0) is 36.1 Å². The summed E-state index contributed by atoms with van der Waals surface area (Å²) < 4.78 is 5.36. The molecule has 1 aromatic heterocycles. The van der Waals surface area contributed by atoms with Gasteiger partial charge in [-0.15, -0.1) is 0 Å². The van der Waals surface area contributed by atoms with E-state index in [2.05, 4.69) is 29.0 Å². The molecule has 0 spiro atoms. The van der Waals surface area contributed by atoms with Crippen LogP contribution in [0.1, 0.15) is 32.2 Å². The Morgan fingerprint density at radius 1 is 1.00 bits per heavy atom. The van der Waals surface area contributed by atoms with Gasteiger partial charge in [-0.3, -0.25) is 14.5 Å². The van der Waals surface area contributed by atoms with E-state index in [1.165, 1.54) is 0 Å². The molecule has 1 aliphatic heterocycles. The van der Waals surface area contributed by atoms with Crippen LogP contribution in [-0.2, 0) is 0 Å². The molecule has 26 heavy (non-hydrogen) atoms. The first-order chi connectivity index (χ1) is 12.6. The fourth-order valence-corrected chi connectivity index (χ4v) is 2.31. The number of carbonyl (C=O) groups excluding carboxylic acids is 2. The van der Waals surface area contributed by atoms with Crippen molar-refractivity contribution in [1.82, 2.24) is 10.2 Å². The zero-order valence-corrected chi connectivity index (χ0v) is 13.4. The van der Waals surface area contributed by atoms with Gasteiger partial charge < -0.3 is 14.8 Å². The molecule has 0 atom stereocenters. The van der Waals surface area contributed by atoms with Gasteiger partial charge >= 0.3 is 6.09 Å². The molecule has 1 aromatic carbocycles. The number of rotatable bonds is 2. The van der Waals surface area contributed by atoms with Gasteiger partial charge in [0.25, 0.3) is 11.8 Å². The Bertz CT molecular complexity index is 979. The molecule has 0 saturated heterocycles. The maximum absolute atomic E-state index is 12.2. The van der Waals surface area contributed by atoms with Crippen molar-refractivity contribution >= 4 is 17.9 Å². The Kier molecular flexibility index (Phi) is 4.73. The van der Waals surface area contributed by atoms with E-state index in [1.54, 1.807) is 36.4 Å². The molecular weight excluding hydrogens is 336 g/mol. The van der Waals surface area contributed by atoms with Crippen molar-refractivity contribution in [3.05, 3.63) is 59.0 Å². The van der Waals surface area contributed by atoms with Crippen molar-refractivity contribution in [3.8, 4) is 23.7 Å². The van der Waals surface area contributed by atoms with Gasteiger partial charge in [0.05, 0.1) is 24.2 Å². The smallest absolute Gasteiger partial charge is 0.405 e. The Morgan fingerprint density at radius 2 is 1.58 bits per heavy atom. The van der Waals surface area contributed by atoms with E-state index in [9.17, 15) is 14.4 Å². The van der Waals surface area contributed by atoms with Gasteiger partial charge in [-0.1, -0.05) is 24.0 Å². The predicted octanol–water partition coefficient (Wildman–Crippen LogP) is 1.55. The second-order valence-corrected chi connectivity index (χ2v) is 5.17. The fourth-order valence-electron chi connectivity index (χ4n) is 2.31. The van der Waals surface area contributed by atoms with Crippen LogP contribution in [0.15, 0.2) is 40.8 Å². The first kappa shape index (κ1) is 16.9. The summed E-state index contributed by atoms with van der Waals surface area (Å²) in [5.74, 6) is 10.6. The Morgan fingerprint density at radius 3 is 2.15 bits per heavy atom. The van der Waals surface area contributed by atoms with Crippen LogP contribution in [0.25, 0.3) is 0 Å². The normalized spacial score (nSPS) is 11.9. The van der Waals surface area contributed by atoms with Gasteiger partial charge in [0.15, 0.2) is 11.5 Å². The first-order valence-corrected chi connectivity index (χ1v) is 7.56. The van der Waals surface area contributed by atoms with E-state index in [1.807, 2.05) is 0 Å². The summed E-state index contributed by atoms with van der Waals surface area (Å²) in [4.78, 5) is 35.8. The molecule has 0 bridgehead atoms. The minimum atomic E-state index is -1.15. The third-order valence-corrected chi connectivity index (χ3v) is 3.47. The lowest BCUT2D eigenvalue weighted by molar-refractivity contribution is 0.0674. The summed E-state index contributed by atoms with van der Waals surface area (Å²) in [5.41, 5.74) is 0.759. The number of furan rings is 1. The molecule has 7 nitrogen and oxygen atoms in total. The third kappa shape index (κ3) is 3.58. The second kappa shape index (κ2) is 7.29. The number of imide groups is 1. The molecular formula is C19H12N2O5. The molecule has 3 rings (SSSR count). The monoisotopic (exact) mass is 348 g/mol. The molecule has 128 valence electrons. The minimum Gasteiger partial charge on any atom is -0.465 e. The lowest BCUT2D eigenvalue weighted by Crippen LogP contribution is -2.29. The van der Waals surface area contributed by atoms with Crippen LogP contribution in [0.5, 0.6) is 0 Å².